The van der Waals surface area contributed by atoms with Crippen molar-refractivity contribution in [3.8, 4) is 0 Å². The molecular weight excluding hydrogens is 455 g/mol. The summed E-state index contributed by atoms with van der Waals surface area (Å²) < 4.78 is 44.8. The van der Waals surface area contributed by atoms with Crippen LogP contribution in [0.1, 0.15) is 51.4 Å². The third-order valence-corrected chi connectivity index (χ3v) is 5.88. The van der Waals surface area contributed by atoms with Crippen LogP contribution >= 0.6 is 11.6 Å². The molecule has 33 heavy (non-hydrogen) atoms. The predicted octanol–water partition coefficient (Wildman–Crippen LogP) is 6.97. The number of carbonyl (C=O) groups is 1. The molecule has 2 aromatic carbocycles. The lowest BCUT2D eigenvalue weighted by Crippen LogP contribution is -2.14. The smallest absolute Gasteiger partial charge is 0.416 e. The minimum absolute atomic E-state index is 0.172. The Labute approximate surface area is 193 Å². The molecule has 0 fully saturated rings. The molecule has 1 aliphatic rings. The summed E-state index contributed by atoms with van der Waals surface area (Å²) in [6.07, 6.45) is -2.44. The number of rotatable bonds is 4. The number of hydrogen-bond acceptors (Lipinski definition) is 4. The van der Waals surface area contributed by atoms with Crippen LogP contribution in [0.2, 0.25) is 5.02 Å². The second-order valence-electron chi connectivity index (χ2n) is 7.87. The molecule has 0 saturated carbocycles. The quantitative estimate of drug-likeness (QED) is 0.400. The molecule has 1 aromatic heterocycles. The number of carbonyl (C=O) groups excluding carboxylic acids is 1. The van der Waals surface area contributed by atoms with E-state index in [1.165, 1.54) is 12.1 Å². The van der Waals surface area contributed by atoms with Crippen LogP contribution in [-0.2, 0) is 12.6 Å². The van der Waals surface area contributed by atoms with Crippen molar-refractivity contribution in [2.24, 2.45) is 5.10 Å². The second kappa shape index (κ2) is 8.94. The SMILES string of the molecule is Cc1ccc(NC(=O)c2oc3c(c2C)/C(=N/Nc2cccc(C(F)(F)F)c2)CCC3)cc1Cl. The molecule has 1 aliphatic carbocycles. The van der Waals surface area contributed by atoms with Crippen molar-refractivity contribution in [1.29, 1.82) is 0 Å². The van der Waals surface area contributed by atoms with Gasteiger partial charge in [-0.2, -0.15) is 18.3 Å². The highest BCUT2D eigenvalue weighted by Gasteiger charge is 2.31. The average Bonchev–Trinajstić information content (AvgIpc) is 3.12. The van der Waals surface area contributed by atoms with E-state index in [4.69, 9.17) is 16.0 Å². The first kappa shape index (κ1) is 22.9. The van der Waals surface area contributed by atoms with Gasteiger partial charge in [0.2, 0.25) is 0 Å². The molecule has 1 amide bonds. The van der Waals surface area contributed by atoms with Crippen LogP contribution in [0, 0.1) is 13.8 Å². The van der Waals surface area contributed by atoms with Crippen molar-refractivity contribution < 1.29 is 22.4 Å². The summed E-state index contributed by atoms with van der Waals surface area (Å²) in [5.74, 6) is 0.396. The number of amides is 1. The molecule has 0 atom stereocenters. The van der Waals surface area contributed by atoms with Gasteiger partial charge >= 0.3 is 6.18 Å². The average molecular weight is 476 g/mol. The van der Waals surface area contributed by atoms with E-state index in [1.807, 2.05) is 13.0 Å². The van der Waals surface area contributed by atoms with Crippen molar-refractivity contribution in [1.82, 2.24) is 0 Å². The number of aryl methyl sites for hydroxylation is 2. The molecule has 172 valence electrons. The van der Waals surface area contributed by atoms with Crippen LogP contribution < -0.4 is 10.7 Å². The highest BCUT2D eigenvalue weighted by molar-refractivity contribution is 6.31. The van der Waals surface area contributed by atoms with Gasteiger partial charge in [0, 0.05) is 28.3 Å². The number of furan rings is 1. The Balaban J connectivity index is 1.58. The first-order chi connectivity index (χ1) is 15.6. The number of nitrogens with one attached hydrogen (secondary N) is 2. The van der Waals surface area contributed by atoms with E-state index in [2.05, 4.69) is 15.8 Å². The van der Waals surface area contributed by atoms with Gasteiger partial charge < -0.3 is 9.73 Å². The summed E-state index contributed by atoms with van der Waals surface area (Å²) in [5, 5.41) is 7.68. The normalized spacial score (nSPS) is 14.8. The summed E-state index contributed by atoms with van der Waals surface area (Å²) in [6, 6.07) is 10.1. The van der Waals surface area contributed by atoms with Crippen molar-refractivity contribution in [2.75, 3.05) is 10.7 Å². The van der Waals surface area contributed by atoms with Crippen LogP contribution in [0.3, 0.4) is 0 Å². The molecule has 1 heterocycles. The van der Waals surface area contributed by atoms with Gasteiger partial charge in [0.15, 0.2) is 5.76 Å². The second-order valence-corrected chi connectivity index (χ2v) is 8.28. The Morgan fingerprint density at radius 1 is 1.09 bits per heavy atom. The van der Waals surface area contributed by atoms with E-state index in [1.54, 1.807) is 19.1 Å². The fourth-order valence-corrected chi connectivity index (χ4v) is 3.93. The number of nitrogens with zero attached hydrogens (tertiary/aromatic N) is 1. The van der Waals surface area contributed by atoms with Gasteiger partial charge in [-0.1, -0.05) is 23.7 Å². The zero-order valence-electron chi connectivity index (χ0n) is 17.9. The summed E-state index contributed by atoms with van der Waals surface area (Å²) in [5.41, 5.74) is 5.60. The predicted molar refractivity (Wildman–Crippen MR) is 122 cm³/mol. The highest BCUT2D eigenvalue weighted by Crippen LogP contribution is 2.32. The third kappa shape index (κ3) is 4.90. The topological polar surface area (TPSA) is 66.6 Å². The molecule has 0 saturated heterocycles. The van der Waals surface area contributed by atoms with Gasteiger partial charge in [-0.3, -0.25) is 10.2 Å². The van der Waals surface area contributed by atoms with Crippen LogP contribution in [0.4, 0.5) is 24.5 Å². The number of hydrazone groups is 1. The molecule has 3 aromatic rings. The Kier molecular flexibility index (Phi) is 6.21. The van der Waals surface area contributed by atoms with Gasteiger partial charge in [0.05, 0.1) is 17.0 Å². The van der Waals surface area contributed by atoms with Gasteiger partial charge in [-0.25, -0.2) is 0 Å². The Bertz CT molecular complexity index is 1250. The zero-order chi connectivity index (χ0) is 23.8. The minimum Gasteiger partial charge on any atom is -0.455 e. The fourth-order valence-electron chi connectivity index (χ4n) is 3.75. The van der Waals surface area contributed by atoms with Gasteiger partial charge in [0.1, 0.15) is 5.76 Å². The van der Waals surface area contributed by atoms with Crippen LogP contribution in [0.15, 0.2) is 52.0 Å². The summed E-state index contributed by atoms with van der Waals surface area (Å²) in [7, 11) is 0. The Morgan fingerprint density at radius 3 is 2.61 bits per heavy atom. The number of hydrogen-bond donors (Lipinski definition) is 2. The summed E-state index contributed by atoms with van der Waals surface area (Å²) in [6.45, 7) is 3.64. The maximum absolute atomic E-state index is 13.0. The van der Waals surface area contributed by atoms with Gasteiger partial charge in [-0.15, -0.1) is 0 Å². The highest BCUT2D eigenvalue weighted by atomic mass is 35.5. The lowest BCUT2D eigenvalue weighted by Gasteiger charge is -2.14. The van der Waals surface area contributed by atoms with Crippen molar-refractivity contribution in [2.45, 2.75) is 39.3 Å². The molecule has 2 N–H and O–H groups in total. The van der Waals surface area contributed by atoms with E-state index in [0.29, 0.717) is 46.2 Å². The van der Waals surface area contributed by atoms with Crippen molar-refractivity contribution in [3.63, 3.8) is 0 Å². The van der Waals surface area contributed by atoms with Gasteiger partial charge in [0.25, 0.3) is 5.91 Å². The fraction of sp³-hybridized carbons (Fsp3) is 0.250. The zero-order valence-corrected chi connectivity index (χ0v) is 18.7. The number of anilines is 2. The summed E-state index contributed by atoms with van der Waals surface area (Å²) in [4.78, 5) is 12.9. The standard InChI is InChI=1S/C24H21ClF3N3O2/c1-13-9-10-16(12-18(13)25)29-23(32)22-14(2)21-19(7-4-8-20(21)33-22)31-30-17-6-3-5-15(11-17)24(26,27)28/h3,5-6,9-12,30H,4,7-8H2,1-2H3,(H,29,32)/b31-19+. The number of benzene rings is 2. The first-order valence-corrected chi connectivity index (χ1v) is 10.7. The molecule has 4 rings (SSSR count). The molecular formula is C24H21ClF3N3O2. The largest absolute Gasteiger partial charge is 0.455 e. The van der Waals surface area contributed by atoms with E-state index in [-0.39, 0.29) is 11.4 Å². The van der Waals surface area contributed by atoms with Crippen molar-refractivity contribution in [3.05, 3.63) is 81.3 Å². The van der Waals surface area contributed by atoms with E-state index >= 15 is 0 Å². The Morgan fingerprint density at radius 2 is 1.88 bits per heavy atom. The maximum atomic E-state index is 13.0. The van der Waals surface area contributed by atoms with Crippen LogP contribution in [-0.4, -0.2) is 11.6 Å². The monoisotopic (exact) mass is 475 g/mol. The molecule has 0 unspecified atom stereocenters. The molecule has 0 spiro atoms. The molecule has 9 heteroatoms. The van der Waals surface area contributed by atoms with Crippen LogP contribution in [0.25, 0.3) is 0 Å². The first-order valence-electron chi connectivity index (χ1n) is 10.3. The lowest BCUT2D eigenvalue weighted by atomic mass is 9.93. The minimum atomic E-state index is -4.44. The lowest BCUT2D eigenvalue weighted by molar-refractivity contribution is -0.137. The number of fused-ring (bicyclic) bond motifs is 1. The molecule has 0 aliphatic heterocycles. The van der Waals surface area contributed by atoms with E-state index in [0.717, 1.165) is 24.1 Å². The Hall–Kier alpha value is -3.26. The maximum Gasteiger partial charge on any atom is 0.416 e. The molecule has 0 radical (unpaired) electrons. The number of halogens is 4. The van der Waals surface area contributed by atoms with Crippen LogP contribution in [0.5, 0.6) is 0 Å². The molecule has 0 bridgehead atoms. The van der Waals surface area contributed by atoms with E-state index < -0.39 is 17.6 Å². The molecule has 5 nitrogen and oxygen atoms in total. The van der Waals surface area contributed by atoms with E-state index in [9.17, 15) is 18.0 Å². The summed E-state index contributed by atoms with van der Waals surface area (Å²) >= 11 is 6.14. The third-order valence-electron chi connectivity index (χ3n) is 5.47. The van der Waals surface area contributed by atoms with Gasteiger partial charge in [-0.05, 0) is 62.6 Å². The van der Waals surface area contributed by atoms with Crippen molar-refractivity contribution >= 4 is 34.6 Å². The number of alkyl halides is 3.